The van der Waals surface area contributed by atoms with Gasteiger partial charge in [-0.05, 0) is 49.5 Å². The Kier molecular flexibility index (Phi) is 2.68. The maximum atomic E-state index is 9.14. The van der Waals surface area contributed by atoms with Gasteiger partial charge in [-0.25, -0.2) is 0 Å². The molecule has 0 radical (unpaired) electrons. The Labute approximate surface area is 119 Å². The van der Waals surface area contributed by atoms with Crippen molar-refractivity contribution in [2.75, 3.05) is 0 Å². The van der Waals surface area contributed by atoms with Gasteiger partial charge in [0.25, 0.3) is 0 Å². The van der Waals surface area contributed by atoms with Crippen LogP contribution in [-0.4, -0.2) is 16.5 Å². The Morgan fingerprint density at radius 1 is 1.20 bits per heavy atom. The molecule has 1 unspecified atom stereocenters. The van der Waals surface area contributed by atoms with Crippen LogP contribution in [0.25, 0.3) is 0 Å². The lowest BCUT2D eigenvalue weighted by Crippen LogP contribution is -2.62. The van der Waals surface area contributed by atoms with Gasteiger partial charge in [0, 0.05) is 5.92 Å². The summed E-state index contributed by atoms with van der Waals surface area (Å²) in [6.45, 7) is 0.704. The third-order valence-corrected chi connectivity index (χ3v) is 5.59. The molecule has 3 bridgehead atoms. The zero-order chi connectivity index (χ0) is 13.6. The number of benzene rings is 1. The molecule has 20 heavy (non-hydrogen) atoms. The SMILES string of the molecule is O/N=C1/CCC23CC1CC(OCc1ccccc1)(C2)C3. The molecule has 0 saturated heterocycles. The van der Waals surface area contributed by atoms with E-state index >= 15 is 0 Å². The first-order valence-electron chi connectivity index (χ1n) is 7.61. The summed E-state index contributed by atoms with van der Waals surface area (Å²) < 4.78 is 6.31. The van der Waals surface area contributed by atoms with Crippen molar-refractivity contribution in [2.24, 2.45) is 16.5 Å². The molecule has 0 aliphatic heterocycles. The molecule has 3 nitrogen and oxygen atoms in total. The fourth-order valence-corrected chi connectivity index (χ4v) is 4.86. The van der Waals surface area contributed by atoms with Crippen LogP contribution < -0.4 is 0 Å². The van der Waals surface area contributed by atoms with Gasteiger partial charge in [0.2, 0.25) is 0 Å². The molecule has 0 aromatic heterocycles. The van der Waals surface area contributed by atoms with Crippen molar-refractivity contribution in [3.8, 4) is 0 Å². The number of ether oxygens (including phenoxy) is 1. The molecular formula is C17H21NO2. The lowest BCUT2D eigenvalue weighted by Gasteiger charge is -2.64. The molecule has 3 heteroatoms. The molecule has 1 N–H and O–H groups in total. The quantitative estimate of drug-likeness (QED) is 0.672. The van der Waals surface area contributed by atoms with Crippen LogP contribution in [0, 0.1) is 11.3 Å². The van der Waals surface area contributed by atoms with Gasteiger partial charge in [0.15, 0.2) is 0 Å². The number of nitrogens with zero attached hydrogens (tertiary/aromatic N) is 1. The van der Waals surface area contributed by atoms with Gasteiger partial charge >= 0.3 is 0 Å². The Morgan fingerprint density at radius 2 is 2.00 bits per heavy atom. The van der Waals surface area contributed by atoms with Crippen molar-refractivity contribution in [1.82, 2.24) is 0 Å². The van der Waals surface area contributed by atoms with Crippen LogP contribution >= 0.6 is 0 Å². The highest BCUT2D eigenvalue weighted by Gasteiger charge is 2.62. The molecular weight excluding hydrogens is 250 g/mol. The number of rotatable bonds is 3. The summed E-state index contributed by atoms with van der Waals surface area (Å²) in [5.74, 6) is 0.451. The van der Waals surface area contributed by atoms with Gasteiger partial charge in [0.1, 0.15) is 0 Å². The third-order valence-electron chi connectivity index (χ3n) is 5.59. The van der Waals surface area contributed by atoms with Gasteiger partial charge in [-0.15, -0.1) is 0 Å². The van der Waals surface area contributed by atoms with E-state index in [9.17, 15) is 0 Å². The minimum atomic E-state index is 0.0507. The predicted octanol–water partition coefficient (Wildman–Crippen LogP) is 3.76. The molecule has 4 aliphatic carbocycles. The highest BCUT2D eigenvalue weighted by molar-refractivity contribution is 5.87. The van der Waals surface area contributed by atoms with E-state index in [4.69, 9.17) is 9.94 Å². The second kappa shape index (κ2) is 4.32. The summed E-state index contributed by atoms with van der Waals surface area (Å²) in [6.07, 6.45) is 6.84. The molecule has 5 rings (SSSR count). The van der Waals surface area contributed by atoms with E-state index in [1.165, 1.54) is 31.2 Å². The van der Waals surface area contributed by atoms with Crippen molar-refractivity contribution >= 4 is 5.71 Å². The molecule has 1 aromatic carbocycles. The number of oxime groups is 1. The zero-order valence-corrected chi connectivity index (χ0v) is 11.7. The Balaban J connectivity index is 1.47. The van der Waals surface area contributed by atoms with E-state index in [1.54, 1.807) is 0 Å². The van der Waals surface area contributed by atoms with Gasteiger partial charge in [-0.1, -0.05) is 35.5 Å². The Bertz CT molecular complexity index is 531. The smallest absolute Gasteiger partial charge is 0.0724 e. The normalized spacial score (nSPS) is 40.4. The second-order valence-corrected chi connectivity index (χ2v) is 7.01. The van der Waals surface area contributed by atoms with Gasteiger partial charge < -0.3 is 9.94 Å². The molecule has 106 valence electrons. The highest BCUT2D eigenvalue weighted by atomic mass is 16.5. The molecule has 4 fully saturated rings. The lowest BCUT2D eigenvalue weighted by atomic mass is 9.44. The summed E-state index contributed by atoms with van der Waals surface area (Å²) in [4.78, 5) is 0. The maximum absolute atomic E-state index is 9.14. The summed E-state index contributed by atoms with van der Waals surface area (Å²) in [7, 11) is 0. The second-order valence-electron chi connectivity index (χ2n) is 7.01. The monoisotopic (exact) mass is 271 g/mol. The Hall–Kier alpha value is -1.35. The standard InChI is InChI=1S/C17H21NO2/c19-18-15-6-7-16-8-14(15)9-17(11-16,12-16)20-10-13-4-2-1-3-5-13/h1-5,14,19H,6-12H2/b18-15-. The average molecular weight is 271 g/mol. The van der Waals surface area contributed by atoms with Crippen LogP contribution in [0.15, 0.2) is 35.5 Å². The van der Waals surface area contributed by atoms with Crippen molar-refractivity contribution in [3.63, 3.8) is 0 Å². The maximum Gasteiger partial charge on any atom is 0.0724 e. The van der Waals surface area contributed by atoms with Crippen LogP contribution in [0.1, 0.15) is 44.1 Å². The molecule has 1 aromatic rings. The van der Waals surface area contributed by atoms with Crippen molar-refractivity contribution in [2.45, 2.75) is 50.7 Å². The van der Waals surface area contributed by atoms with Crippen molar-refractivity contribution in [1.29, 1.82) is 0 Å². The van der Waals surface area contributed by atoms with Gasteiger partial charge in [-0.2, -0.15) is 0 Å². The fourth-order valence-electron chi connectivity index (χ4n) is 4.86. The Morgan fingerprint density at radius 3 is 2.75 bits per heavy atom. The molecule has 0 heterocycles. The lowest BCUT2D eigenvalue weighted by molar-refractivity contribution is -0.221. The summed E-state index contributed by atoms with van der Waals surface area (Å²) in [6, 6.07) is 10.4. The average Bonchev–Trinajstić information content (AvgIpc) is 2.45. The van der Waals surface area contributed by atoms with Crippen LogP contribution in [0.5, 0.6) is 0 Å². The number of hydrogen-bond acceptors (Lipinski definition) is 3. The zero-order valence-electron chi connectivity index (χ0n) is 11.7. The summed E-state index contributed by atoms with van der Waals surface area (Å²) >= 11 is 0. The largest absolute Gasteiger partial charge is 0.411 e. The molecule has 4 aliphatic rings. The van der Waals surface area contributed by atoms with Gasteiger partial charge in [0.05, 0.1) is 17.9 Å². The first-order valence-corrected chi connectivity index (χ1v) is 7.61. The highest BCUT2D eigenvalue weighted by Crippen LogP contribution is 2.66. The molecule has 4 saturated carbocycles. The van der Waals surface area contributed by atoms with Crippen LogP contribution in [0.2, 0.25) is 0 Å². The minimum absolute atomic E-state index is 0.0507. The fraction of sp³-hybridized carbons (Fsp3) is 0.588. The molecule has 1 atom stereocenters. The first-order chi connectivity index (χ1) is 9.73. The summed E-state index contributed by atoms with van der Waals surface area (Å²) in [5.41, 5.74) is 2.80. The van der Waals surface area contributed by atoms with Crippen molar-refractivity contribution in [3.05, 3.63) is 35.9 Å². The van der Waals surface area contributed by atoms with Gasteiger partial charge in [-0.3, -0.25) is 0 Å². The van der Waals surface area contributed by atoms with Crippen molar-refractivity contribution < 1.29 is 9.94 Å². The van der Waals surface area contributed by atoms with E-state index in [1.807, 2.05) is 6.07 Å². The van der Waals surface area contributed by atoms with Crippen LogP contribution in [-0.2, 0) is 11.3 Å². The molecule has 0 amide bonds. The van der Waals surface area contributed by atoms with Crippen LogP contribution in [0.3, 0.4) is 0 Å². The van der Waals surface area contributed by atoms with E-state index in [2.05, 4.69) is 29.4 Å². The number of hydrogen-bond donors (Lipinski definition) is 1. The van der Waals surface area contributed by atoms with E-state index in [0.29, 0.717) is 17.9 Å². The predicted molar refractivity (Wildman–Crippen MR) is 76.8 cm³/mol. The molecule has 1 spiro atoms. The van der Waals surface area contributed by atoms with E-state index in [0.717, 1.165) is 18.6 Å². The topological polar surface area (TPSA) is 41.8 Å². The minimum Gasteiger partial charge on any atom is -0.411 e. The first kappa shape index (κ1) is 12.4. The summed E-state index contributed by atoms with van der Waals surface area (Å²) in [5, 5.41) is 12.7. The van der Waals surface area contributed by atoms with E-state index < -0.39 is 0 Å². The van der Waals surface area contributed by atoms with Crippen LogP contribution in [0.4, 0.5) is 0 Å². The van der Waals surface area contributed by atoms with E-state index in [-0.39, 0.29) is 5.60 Å². The third kappa shape index (κ3) is 1.87.